The number of benzene rings is 1. The van der Waals surface area contributed by atoms with E-state index in [-0.39, 0.29) is 31.0 Å². The van der Waals surface area contributed by atoms with Crippen LogP contribution < -0.4 is 16.4 Å². The van der Waals surface area contributed by atoms with Gasteiger partial charge >= 0.3 is 6.03 Å². The normalized spacial score (nSPS) is 11.1. The Labute approximate surface area is 136 Å². The molecule has 0 spiro atoms. The number of hydrogen-bond donors (Lipinski definition) is 3. The zero-order valence-corrected chi connectivity index (χ0v) is 13.8. The molecule has 1 unspecified atom stereocenters. The second kappa shape index (κ2) is 9.99. The fraction of sp³-hybridized carbons (Fsp3) is 0.429. The zero-order chi connectivity index (χ0) is 15.8. The van der Waals surface area contributed by atoms with Gasteiger partial charge in [0.05, 0.1) is 6.61 Å². The maximum absolute atomic E-state index is 11.7. The Balaban J connectivity index is 0.00000441. The summed E-state index contributed by atoms with van der Waals surface area (Å²) in [6.45, 7) is 0.507. The quantitative estimate of drug-likeness (QED) is 0.718. The molecule has 0 aliphatic rings. The zero-order valence-electron chi connectivity index (χ0n) is 13.0. The molecule has 1 atom stereocenters. The predicted molar refractivity (Wildman–Crippen MR) is 88.1 cm³/mol. The summed E-state index contributed by atoms with van der Waals surface area (Å²) in [6.07, 6.45) is 0. The first kappa shape index (κ1) is 20.2. The van der Waals surface area contributed by atoms with Gasteiger partial charge in [0.1, 0.15) is 6.04 Å². The number of ether oxygens (including phenoxy) is 1. The van der Waals surface area contributed by atoms with Gasteiger partial charge in [-0.15, -0.1) is 12.4 Å². The highest BCUT2D eigenvalue weighted by molar-refractivity contribution is 5.89. The fourth-order valence-corrected chi connectivity index (χ4v) is 1.57. The fourth-order valence-electron chi connectivity index (χ4n) is 1.57. The third kappa shape index (κ3) is 6.75. The van der Waals surface area contributed by atoms with Crippen molar-refractivity contribution in [3.05, 3.63) is 29.8 Å². The summed E-state index contributed by atoms with van der Waals surface area (Å²) >= 11 is 0. The lowest BCUT2D eigenvalue weighted by molar-refractivity contribution is -0.123. The monoisotopic (exact) mass is 330 g/mol. The number of methoxy groups -OCH3 is 1. The molecule has 0 bridgehead atoms. The van der Waals surface area contributed by atoms with Gasteiger partial charge in [0.25, 0.3) is 0 Å². The molecule has 0 fully saturated rings. The summed E-state index contributed by atoms with van der Waals surface area (Å²) in [7, 11) is 4.82. The Morgan fingerprint density at radius 2 is 2.05 bits per heavy atom. The number of nitrogens with zero attached hydrogens (tertiary/aromatic N) is 1. The van der Waals surface area contributed by atoms with E-state index in [1.807, 2.05) is 12.1 Å². The van der Waals surface area contributed by atoms with Gasteiger partial charge in [-0.1, -0.05) is 12.1 Å². The van der Waals surface area contributed by atoms with Crippen molar-refractivity contribution in [3.8, 4) is 0 Å². The van der Waals surface area contributed by atoms with Crippen LogP contribution in [0.3, 0.4) is 0 Å². The highest BCUT2D eigenvalue weighted by Crippen LogP contribution is 2.11. The van der Waals surface area contributed by atoms with Crippen LogP contribution in [0.15, 0.2) is 24.3 Å². The predicted octanol–water partition coefficient (Wildman–Crippen LogP) is 0.792. The standard InChI is InChI=1S/C14H22N4O3.ClH/c1-18(2)14(20)17-11-6-4-5-10(7-11)8-16-13(19)12(15)9-21-3;/h4-7,12H,8-9,15H2,1-3H3,(H,16,19)(H,17,20);1H. The minimum absolute atomic E-state index is 0. The van der Waals surface area contributed by atoms with E-state index in [9.17, 15) is 9.59 Å². The van der Waals surface area contributed by atoms with Crippen molar-refractivity contribution in [2.75, 3.05) is 33.1 Å². The molecule has 0 aromatic heterocycles. The van der Waals surface area contributed by atoms with E-state index in [1.54, 1.807) is 26.2 Å². The van der Waals surface area contributed by atoms with Crippen LogP contribution in [0.1, 0.15) is 5.56 Å². The summed E-state index contributed by atoms with van der Waals surface area (Å²) in [4.78, 5) is 24.7. The van der Waals surface area contributed by atoms with Gasteiger partial charge in [-0.05, 0) is 17.7 Å². The molecule has 0 saturated heterocycles. The minimum atomic E-state index is -0.688. The first-order valence-corrected chi connectivity index (χ1v) is 6.53. The molecule has 1 aromatic rings. The smallest absolute Gasteiger partial charge is 0.321 e. The van der Waals surface area contributed by atoms with Crippen molar-refractivity contribution in [1.82, 2.24) is 10.2 Å². The van der Waals surface area contributed by atoms with Crippen LogP contribution in [0.25, 0.3) is 0 Å². The van der Waals surface area contributed by atoms with Gasteiger partial charge < -0.3 is 26.0 Å². The Morgan fingerprint density at radius 1 is 1.36 bits per heavy atom. The molecular formula is C14H23ClN4O3. The van der Waals surface area contributed by atoms with Crippen molar-refractivity contribution < 1.29 is 14.3 Å². The number of hydrogen-bond acceptors (Lipinski definition) is 4. The summed E-state index contributed by atoms with van der Waals surface area (Å²) < 4.78 is 4.82. The summed E-state index contributed by atoms with van der Waals surface area (Å²) in [5.74, 6) is -0.278. The van der Waals surface area contributed by atoms with Crippen LogP contribution >= 0.6 is 12.4 Å². The van der Waals surface area contributed by atoms with E-state index in [0.29, 0.717) is 12.2 Å². The molecule has 1 aromatic carbocycles. The first-order valence-electron chi connectivity index (χ1n) is 6.53. The molecular weight excluding hydrogens is 308 g/mol. The maximum Gasteiger partial charge on any atom is 0.321 e. The molecule has 22 heavy (non-hydrogen) atoms. The van der Waals surface area contributed by atoms with Crippen molar-refractivity contribution in [1.29, 1.82) is 0 Å². The van der Waals surface area contributed by atoms with Crippen molar-refractivity contribution >= 4 is 30.0 Å². The number of carbonyl (C=O) groups is 2. The molecule has 0 saturated carbocycles. The number of amides is 3. The number of anilines is 1. The highest BCUT2D eigenvalue weighted by atomic mass is 35.5. The molecule has 124 valence electrons. The number of nitrogens with two attached hydrogens (primary N) is 1. The van der Waals surface area contributed by atoms with E-state index in [0.717, 1.165) is 5.56 Å². The number of urea groups is 1. The first-order chi connectivity index (χ1) is 9.93. The third-order valence-corrected chi connectivity index (χ3v) is 2.73. The van der Waals surface area contributed by atoms with Crippen LogP contribution in [0, 0.1) is 0 Å². The SMILES string of the molecule is COCC(N)C(=O)NCc1cccc(NC(=O)N(C)C)c1.Cl. The third-order valence-electron chi connectivity index (χ3n) is 2.73. The number of carbonyl (C=O) groups excluding carboxylic acids is 2. The second-order valence-corrected chi connectivity index (χ2v) is 4.80. The summed E-state index contributed by atoms with van der Waals surface area (Å²) in [6, 6.07) is 6.34. The van der Waals surface area contributed by atoms with Crippen LogP contribution in [0.2, 0.25) is 0 Å². The Hall–Kier alpha value is -1.83. The lowest BCUT2D eigenvalue weighted by atomic mass is 10.2. The van der Waals surface area contributed by atoms with Gasteiger partial charge in [0.15, 0.2) is 0 Å². The second-order valence-electron chi connectivity index (χ2n) is 4.80. The van der Waals surface area contributed by atoms with Crippen LogP contribution in [-0.4, -0.2) is 50.7 Å². The largest absolute Gasteiger partial charge is 0.383 e. The van der Waals surface area contributed by atoms with Crippen LogP contribution in [0.4, 0.5) is 10.5 Å². The molecule has 8 heteroatoms. The van der Waals surface area contributed by atoms with Gasteiger partial charge in [0, 0.05) is 33.4 Å². The van der Waals surface area contributed by atoms with Gasteiger partial charge in [-0.25, -0.2) is 4.79 Å². The van der Waals surface area contributed by atoms with Crippen molar-refractivity contribution in [3.63, 3.8) is 0 Å². The van der Waals surface area contributed by atoms with Gasteiger partial charge in [0.2, 0.25) is 5.91 Å². The average molecular weight is 331 g/mol. The summed E-state index contributed by atoms with van der Waals surface area (Å²) in [5.41, 5.74) is 7.15. The molecule has 3 amide bonds. The molecule has 0 aliphatic carbocycles. The Kier molecular flexibility index (Phi) is 9.16. The average Bonchev–Trinajstić information content (AvgIpc) is 2.45. The van der Waals surface area contributed by atoms with E-state index >= 15 is 0 Å². The molecule has 7 nitrogen and oxygen atoms in total. The number of halogens is 1. The van der Waals surface area contributed by atoms with E-state index < -0.39 is 6.04 Å². The van der Waals surface area contributed by atoms with E-state index in [1.165, 1.54) is 12.0 Å². The van der Waals surface area contributed by atoms with E-state index in [2.05, 4.69) is 10.6 Å². The van der Waals surface area contributed by atoms with Crippen LogP contribution in [-0.2, 0) is 16.1 Å². The topological polar surface area (TPSA) is 96.7 Å². The lowest BCUT2D eigenvalue weighted by Crippen LogP contribution is -2.43. The Morgan fingerprint density at radius 3 is 2.64 bits per heavy atom. The minimum Gasteiger partial charge on any atom is -0.383 e. The number of rotatable bonds is 6. The van der Waals surface area contributed by atoms with Crippen molar-refractivity contribution in [2.24, 2.45) is 5.73 Å². The Bertz CT molecular complexity index is 497. The molecule has 1 rings (SSSR count). The molecule has 0 aliphatic heterocycles. The van der Waals surface area contributed by atoms with Crippen LogP contribution in [0.5, 0.6) is 0 Å². The molecule has 0 radical (unpaired) electrons. The highest BCUT2D eigenvalue weighted by Gasteiger charge is 2.12. The molecule has 4 N–H and O–H groups in total. The number of nitrogens with one attached hydrogen (secondary N) is 2. The maximum atomic E-state index is 11.7. The summed E-state index contributed by atoms with van der Waals surface area (Å²) in [5, 5.41) is 5.46. The molecule has 0 heterocycles. The van der Waals surface area contributed by atoms with Crippen molar-refractivity contribution in [2.45, 2.75) is 12.6 Å². The van der Waals surface area contributed by atoms with Gasteiger partial charge in [-0.2, -0.15) is 0 Å². The lowest BCUT2D eigenvalue weighted by Gasteiger charge is -2.14. The van der Waals surface area contributed by atoms with Gasteiger partial charge in [-0.3, -0.25) is 4.79 Å². The van der Waals surface area contributed by atoms with E-state index in [4.69, 9.17) is 10.5 Å².